The van der Waals surface area contributed by atoms with E-state index in [2.05, 4.69) is 9.71 Å². The normalized spacial score (nSPS) is 11.0. The summed E-state index contributed by atoms with van der Waals surface area (Å²) in [6, 6.07) is 9.19. The van der Waals surface area contributed by atoms with Crippen molar-refractivity contribution in [3.8, 4) is 0 Å². The van der Waals surface area contributed by atoms with Crippen LogP contribution in [0.5, 0.6) is 0 Å². The highest BCUT2D eigenvalue weighted by Crippen LogP contribution is 2.19. The predicted molar refractivity (Wildman–Crippen MR) is 81.2 cm³/mol. The molecule has 9 heteroatoms. The van der Waals surface area contributed by atoms with Gasteiger partial charge in [-0.1, -0.05) is 29.8 Å². The summed E-state index contributed by atoms with van der Waals surface area (Å²) in [4.78, 5) is 15.0. The average Bonchev–Trinajstić information content (AvgIpc) is 2.48. The Bertz CT molecular complexity index is 795. The maximum absolute atomic E-state index is 12.1. The highest BCUT2D eigenvalue weighted by molar-refractivity contribution is 7.91. The molecule has 3 N–H and O–H groups in total. The monoisotopic (exact) mass is 341 g/mol. The van der Waals surface area contributed by atoms with Crippen LogP contribution in [0.2, 0.25) is 5.02 Å². The van der Waals surface area contributed by atoms with Crippen molar-refractivity contribution in [2.24, 2.45) is 0 Å². The van der Waals surface area contributed by atoms with Crippen LogP contribution in [-0.4, -0.2) is 24.5 Å². The molecule has 1 heterocycles. The molecule has 0 saturated carbocycles. The van der Waals surface area contributed by atoms with E-state index in [1.54, 1.807) is 24.3 Å². The summed E-state index contributed by atoms with van der Waals surface area (Å²) in [6.07, 6.45) is 1.25. The number of pyridine rings is 1. The highest BCUT2D eigenvalue weighted by atomic mass is 35.5. The zero-order valence-corrected chi connectivity index (χ0v) is 12.7. The summed E-state index contributed by atoms with van der Waals surface area (Å²) in [5, 5.41) is 8.89. The molecule has 0 spiro atoms. The molecule has 2 rings (SSSR count). The Morgan fingerprint density at radius 1 is 1.27 bits per heavy atom. The van der Waals surface area contributed by atoms with Crippen molar-refractivity contribution >= 4 is 33.2 Å². The van der Waals surface area contributed by atoms with Gasteiger partial charge >= 0.3 is 0 Å². The lowest BCUT2D eigenvalue weighted by Crippen LogP contribution is -2.21. The number of sulfonamides is 1. The Kier molecular flexibility index (Phi) is 4.96. The Labute approximate surface area is 132 Å². The Morgan fingerprint density at radius 2 is 2.00 bits per heavy atom. The molecule has 1 aromatic carbocycles. The summed E-state index contributed by atoms with van der Waals surface area (Å²) < 4.78 is 26.6. The standard InChI is InChI=1S/C13H12ClN3O4S/c14-11-4-2-1-3-9(11)8-22(20,21)17-10-5-6-15-12(7-10)13(18)16-19/h1-7,19H,8H2,(H,15,17)(H,16,18). The van der Waals surface area contributed by atoms with Gasteiger partial charge in [0, 0.05) is 11.2 Å². The number of rotatable bonds is 5. The van der Waals surface area contributed by atoms with E-state index >= 15 is 0 Å². The molecule has 1 amide bonds. The Morgan fingerprint density at radius 3 is 2.68 bits per heavy atom. The molecule has 22 heavy (non-hydrogen) atoms. The predicted octanol–water partition coefficient (Wildman–Crippen LogP) is 1.80. The molecule has 0 aliphatic rings. The summed E-state index contributed by atoms with van der Waals surface area (Å²) in [5.41, 5.74) is 1.91. The third kappa shape index (κ3) is 4.17. The van der Waals surface area contributed by atoms with Crippen molar-refractivity contribution in [1.29, 1.82) is 0 Å². The summed E-state index contributed by atoms with van der Waals surface area (Å²) >= 11 is 5.94. The first kappa shape index (κ1) is 16.2. The smallest absolute Gasteiger partial charge is 0.288 e. The molecule has 1 aromatic heterocycles. The van der Waals surface area contributed by atoms with Gasteiger partial charge in [0.15, 0.2) is 0 Å². The number of hydrogen-bond donors (Lipinski definition) is 3. The van der Waals surface area contributed by atoms with Crippen LogP contribution in [0.15, 0.2) is 42.6 Å². The van der Waals surface area contributed by atoms with Crippen molar-refractivity contribution < 1.29 is 18.4 Å². The number of anilines is 1. The van der Waals surface area contributed by atoms with E-state index in [4.69, 9.17) is 16.8 Å². The summed E-state index contributed by atoms with van der Waals surface area (Å²) in [6.45, 7) is 0. The van der Waals surface area contributed by atoms with Crippen LogP contribution >= 0.6 is 11.6 Å². The van der Waals surface area contributed by atoms with Gasteiger partial charge in [-0.25, -0.2) is 13.9 Å². The lowest BCUT2D eigenvalue weighted by Gasteiger charge is -2.09. The second-order valence-electron chi connectivity index (χ2n) is 4.32. The molecular formula is C13H12ClN3O4S. The molecule has 2 aromatic rings. The first-order valence-corrected chi connectivity index (χ1v) is 8.09. The van der Waals surface area contributed by atoms with E-state index in [0.717, 1.165) is 0 Å². The molecule has 0 aliphatic heterocycles. The second-order valence-corrected chi connectivity index (χ2v) is 6.45. The van der Waals surface area contributed by atoms with Gasteiger partial charge in [0.1, 0.15) is 5.69 Å². The Balaban J connectivity index is 2.19. The van der Waals surface area contributed by atoms with Gasteiger partial charge in [0.25, 0.3) is 5.91 Å². The van der Waals surface area contributed by atoms with Gasteiger partial charge in [-0.2, -0.15) is 0 Å². The van der Waals surface area contributed by atoms with Crippen LogP contribution < -0.4 is 10.2 Å². The molecule has 7 nitrogen and oxygen atoms in total. The SMILES string of the molecule is O=C(NO)c1cc(NS(=O)(=O)Cc2ccccc2Cl)ccn1. The molecule has 0 fully saturated rings. The topological polar surface area (TPSA) is 108 Å². The number of carbonyl (C=O) groups is 1. The van der Waals surface area contributed by atoms with Gasteiger partial charge in [-0.05, 0) is 23.8 Å². The molecule has 0 bridgehead atoms. The fraction of sp³-hybridized carbons (Fsp3) is 0.0769. The zero-order valence-electron chi connectivity index (χ0n) is 11.2. The number of hydroxylamine groups is 1. The lowest BCUT2D eigenvalue weighted by atomic mass is 10.2. The fourth-order valence-corrected chi connectivity index (χ4v) is 3.21. The maximum atomic E-state index is 12.1. The van der Waals surface area contributed by atoms with Gasteiger partial charge in [0.05, 0.1) is 11.4 Å². The van der Waals surface area contributed by atoms with Crippen LogP contribution in [-0.2, 0) is 15.8 Å². The minimum absolute atomic E-state index is 0.125. The number of aromatic nitrogens is 1. The van der Waals surface area contributed by atoms with E-state index in [9.17, 15) is 13.2 Å². The van der Waals surface area contributed by atoms with Crippen molar-refractivity contribution in [2.75, 3.05) is 4.72 Å². The molecule has 0 radical (unpaired) electrons. The minimum Gasteiger partial charge on any atom is -0.288 e. The number of nitrogens with zero attached hydrogens (tertiary/aromatic N) is 1. The lowest BCUT2D eigenvalue weighted by molar-refractivity contribution is 0.0701. The van der Waals surface area contributed by atoms with Crippen molar-refractivity contribution in [1.82, 2.24) is 10.5 Å². The quantitative estimate of drug-likeness (QED) is 0.567. The second kappa shape index (κ2) is 6.73. The maximum Gasteiger partial charge on any atom is 0.293 e. The van der Waals surface area contributed by atoms with Crippen molar-refractivity contribution in [3.05, 3.63) is 58.9 Å². The van der Waals surface area contributed by atoms with Gasteiger partial charge in [0.2, 0.25) is 10.0 Å². The van der Waals surface area contributed by atoms with E-state index in [-0.39, 0.29) is 17.1 Å². The first-order chi connectivity index (χ1) is 10.4. The third-order valence-electron chi connectivity index (χ3n) is 2.67. The molecule has 0 unspecified atom stereocenters. The zero-order chi connectivity index (χ0) is 16.2. The van der Waals surface area contributed by atoms with Gasteiger partial charge in [-0.15, -0.1) is 0 Å². The van der Waals surface area contributed by atoms with Crippen molar-refractivity contribution in [3.63, 3.8) is 0 Å². The summed E-state index contributed by atoms with van der Waals surface area (Å²) in [7, 11) is -3.72. The van der Waals surface area contributed by atoms with Gasteiger partial charge < -0.3 is 0 Å². The van der Waals surface area contributed by atoms with Crippen LogP contribution in [0.1, 0.15) is 16.1 Å². The molecule has 116 valence electrons. The number of nitrogens with one attached hydrogen (secondary N) is 2. The van der Waals surface area contributed by atoms with E-state index < -0.39 is 15.9 Å². The highest BCUT2D eigenvalue weighted by Gasteiger charge is 2.15. The van der Waals surface area contributed by atoms with Gasteiger partial charge in [-0.3, -0.25) is 19.7 Å². The van der Waals surface area contributed by atoms with Crippen LogP contribution in [0.4, 0.5) is 5.69 Å². The minimum atomic E-state index is -3.72. The van der Waals surface area contributed by atoms with Crippen LogP contribution in [0, 0.1) is 0 Å². The molecule has 0 atom stereocenters. The largest absolute Gasteiger partial charge is 0.293 e. The number of halogens is 1. The fourth-order valence-electron chi connectivity index (χ4n) is 1.71. The first-order valence-electron chi connectivity index (χ1n) is 6.05. The van der Waals surface area contributed by atoms with E-state index in [0.29, 0.717) is 10.6 Å². The molecular weight excluding hydrogens is 330 g/mol. The van der Waals surface area contributed by atoms with Crippen molar-refractivity contribution in [2.45, 2.75) is 5.75 Å². The van der Waals surface area contributed by atoms with E-state index in [1.165, 1.54) is 23.8 Å². The molecule has 0 saturated heterocycles. The number of carbonyl (C=O) groups excluding carboxylic acids is 1. The van der Waals surface area contributed by atoms with Crippen LogP contribution in [0.3, 0.4) is 0 Å². The van der Waals surface area contributed by atoms with Crippen LogP contribution in [0.25, 0.3) is 0 Å². The molecule has 0 aliphatic carbocycles. The third-order valence-corrected chi connectivity index (χ3v) is 4.28. The Hall–Kier alpha value is -2.16. The van der Waals surface area contributed by atoms with E-state index in [1.807, 2.05) is 0 Å². The number of amides is 1. The number of hydrogen-bond acceptors (Lipinski definition) is 5. The average molecular weight is 342 g/mol. The number of benzene rings is 1. The summed E-state index contributed by atoms with van der Waals surface area (Å²) in [5.74, 6) is -1.15.